The number of rotatable bonds is 6. The van der Waals surface area contributed by atoms with Gasteiger partial charge in [-0.05, 0) is 60.2 Å². The van der Waals surface area contributed by atoms with Crippen LogP contribution in [0.25, 0.3) is 11.5 Å². The molecule has 140 valence electrons. The van der Waals surface area contributed by atoms with Crippen LogP contribution >= 0.6 is 0 Å². The van der Waals surface area contributed by atoms with Gasteiger partial charge < -0.3 is 9.15 Å². The van der Waals surface area contributed by atoms with Crippen molar-refractivity contribution in [3.8, 4) is 11.5 Å². The van der Waals surface area contributed by atoms with E-state index in [9.17, 15) is 8.42 Å². The number of nitrogens with zero attached hydrogens (tertiary/aromatic N) is 2. The Morgan fingerprint density at radius 2 is 1.96 bits per heavy atom. The average Bonchev–Trinajstić information content (AvgIpc) is 3.30. The summed E-state index contributed by atoms with van der Waals surface area (Å²) in [5.74, 6) is 0.288. The fourth-order valence-corrected chi connectivity index (χ4v) is 4.22. The van der Waals surface area contributed by atoms with E-state index in [1.54, 1.807) is 25.3 Å². The van der Waals surface area contributed by atoms with Crippen LogP contribution in [0.2, 0.25) is 0 Å². The summed E-state index contributed by atoms with van der Waals surface area (Å²) < 4.78 is 38.1. The van der Waals surface area contributed by atoms with Gasteiger partial charge in [0.25, 0.3) is 10.0 Å². The predicted molar refractivity (Wildman–Crippen MR) is 99.7 cm³/mol. The highest BCUT2D eigenvalue weighted by atomic mass is 32.2. The topological polar surface area (TPSA) is 94.3 Å². The number of anilines is 1. The van der Waals surface area contributed by atoms with Crippen LogP contribution in [0.15, 0.2) is 51.8 Å². The standard InChI is InChI=1S/C19H19N3O4S/c1-25-12-13-4-2-7-17(10-13)27(23,24)22-19-21-20-18(26-19)16-9-8-14-5-3-6-15(14)11-16/h2,4,7-11H,3,5-6,12H2,1H3,(H,21,22). The summed E-state index contributed by atoms with van der Waals surface area (Å²) in [6, 6.07) is 12.3. The Morgan fingerprint density at radius 3 is 2.81 bits per heavy atom. The van der Waals surface area contributed by atoms with E-state index in [1.807, 2.05) is 12.1 Å². The maximum atomic E-state index is 12.6. The number of aromatic nitrogens is 2. The SMILES string of the molecule is COCc1cccc(S(=O)(=O)Nc2nnc(-c3ccc4c(c3)CCC4)o2)c1. The zero-order valence-corrected chi connectivity index (χ0v) is 15.6. The zero-order chi connectivity index (χ0) is 18.9. The molecule has 1 aliphatic rings. The summed E-state index contributed by atoms with van der Waals surface area (Å²) in [4.78, 5) is 0.106. The van der Waals surface area contributed by atoms with Crippen molar-refractivity contribution in [2.45, 2.75) is 30.8 Å². The van der Waals surface area contributed by atoms with Crippen molar-refractivity contribution >= 4 is 16.0 Å². The second kappa shape index (κ2) is 7.13. The molecule has 1 heterocycles. The van der Waals surface area contributed by atoms with E-state index in [0.717, 1.165) is 30.4 Å². The van der Waals surface area contributed by atoms with Crippen LogP contribution in [0.4, 0.5) is 6.01 Å². The zero-order valence-electron chi connectivity index (χ0n) is 14.8. The highest BCUT2D eigenvalue weighted by molar-refractivity contribution is 7.92. The van der Waals surface area contributed by atoms with Gasteiger partial charge in [-0.25, -0.2) is 13.1 Å². The molecule has 0 aliphatic heterocycles. The molecule has 0 saturated heterocycles. The Kier molecular flexibility index (Phi) is 4.67. The maximum absolute atomic E-state index is 12.6. The fourth-order valence-electron chi connectivity index (χ4n) is 3.23. The number of hydrogen-bond donors (Lipinski definition) is 1. The third-order valence-electron chi connectivity index (χ3n) is 4.51. The summed E-state index contributed by atoms with van der Waals surface area (Å²) in [7, 11) is -2.28. The molecule has 0 radical (unpaired) electrons. The molecular formula is C19H19N3O4S. The summed E-state index contributed by atoms with van der Waals surface area (Å²) in [5, 5.41) is 7.80. The second-order valence-electron chi connectivity index (χ2n) is 6.44. The lowest BCUT2D eigenvalue weighted by molar-refractivity contribution is 0.184. The molecule has 8 heteroatoms. The van der Waals surface area contributed by atoms with Gasteiger partial charge in [0, 0.05) is 12.7 Å². The average molecular weight is 385 g/mol. The molecule has 0 spiro atoms. The minimum atomic E-state index is -3.83. The van der Waals surface area contributed by atoms with Gasteiger partial charge in [-0.1, -0.05) is 23.3 Å². The van der Waals surface area contributed by atoms with Crippen molar-refractivity contribution in [3.05, 3.63) is 59.2 Å². The first-order valence-corrected chi connectivity index (χ1v) is 10.1. The number of ether oxygens (including phenoxy) is 1. The van der Waals surface area contributed by atoms with E-state index < -0.39 is 10.0 Å². The van der Waals surface area contributed by atoms with Crippen LogP contribution in [0, 0.1) is 0 Å². The number of hydrogen-bond acceptors (Lipinski definition) is 6. The highest BCUT2D eigenvalue weighted by Gasteiger charge is 2.20. The first-order chi connectivity index (χ1) is 13.0. The Labute approximate surface area is 157 Å². The number of nitrogens with one attached hydrogen (secondary N) is 1. The van der Waals surface area contributed by atoms with Gasteiger partial charge in [-0.15, -0.1) is 5.10 Å². The van der Waals surface area contributed by atoms with Crippen molar-refractivity contribution in [1.82, 2.24) is 10.2 Å². The summed E-state index contributed by atoms with van der Waals surface area (Å²) in [6.07, 6.45) is 3.27. The summed E-state index contributed by atoms with van der Waals surface area (Å²) in [5.41, 5.74) is 4.17. The molecule has 0 saturated carbocycles. The summed E-state index contributed by atoms with van der Waals surface area (Å²) in [6.45, 7) is 0.326. The number of sulfonamides is 1. The molecule has 27 heavy (non-hydrogen) atoms. The molecule has 3 aromatic rings. The smallest absolute Gasteiger partial charge is 0.330 e. The van der Waals surface area contributed by atoms with Crippen LogP contribution in [-0.4, -0.2) is 25.7 Å². The third kappa shape index (κ3) is 3.72. The Bertz CT molecular complexity index is 1080. The maximum Gasteiger partial charge on any atom is 0.330 e. The van der Waals surface area contributed by atoms with Crippen molar-refractivity contribution < 1.29 is 17.6 Å². The van der Waals surface area contributed by atoms with Crippen molar-refractivity contribution in [2.24, 2.45) is 0 Å². The molecule has 0 amide bonds. The predicted octanol–water partition coefficient (Wildman–Crippen LogP) is 3.17. The largest absolute Gasteiger partial charge is 0.403 e. The van der Waals surface area contributed by atoms with Gasteiger partial charge in [0.15, 0.2) is 0 Å². The number of benzene rings is 2. The minimum Gasteiger partial charge on any atom is -0.403 e. The molecule has 1 aromatic heterocycles. The molecule has 0 atom stereocenters. The lowest BCUT2D eigenvalue weighted by Crippen LogP contribution is -2.13. The molecule has 0 unspecified atom stereocenters. The van der Waals surface area contributed by atoms with Gasteiger partial charge in [-0.3, -0.25) is 0 Å². The summed E-state index contributed by atoms with van der Waals surface area (Å²) >= 11 is 0. The van der Waals surface area contributed by atoms with Crippen LogP contribution < -0.4 is 4.72 Å². The Morgan fingerprint density at radius 1 is 1.11 bits per heavy atom. The molecule has 0 fully saturated rings. The molecule has 4 rings (SSSR count). The quantitative estimate of drug-likeness (QED) is 0.700. The molecule has 2 aromatic carbocycles. The van der Waals surface area contributed by atoms with E-state index in [4.69, 9.17) is 9.15 Å². The molecule has 1 N–H and O–H groups in total. The number of methoxy groups -OCH3 is 1. The fraction of sp³-hybridized carbons (Fsp3) is 0.263. The Hall–Kier alpha value is -2.71. The Balaban J connectivity index is 1.56. The molecule has 0 bridgehead atoms. The van der Waals surface area contributed by atoms with Crippen LogP contribution in [0.3, 0.4) is 0 Å². The van der Waals surface area contributed by atoms with Crippen molar-refractivity contribution in [3.63, 3.8) is 0 Å². The third-order valence-corrected chi connectivity index (χ3v) is 5.83. The van der Waals surface area contributed by atoms with E-state index >= 15 is 0 Å². The molecule has 1 aliphatic carbocycles. The normalized spacial score (nSPS) is 13.5. The lowest BCUT2D eigenvalue weighted by atomic mass is 10.1. The van der Waals surface area contributed by atoms with E-state index in [2.05, 4.69) is 21.0 Å². The van der Waals surface area contributed by atoms with E-state index in [0.29, 0.717) is 6.61 Å². The van der Waals surface area contributed by atoms with E-state index in [1.165, 1.54) is 17.2 Å². The first kappa shape index (κ1) is 17.7. The number of aryl methyl sites for hydroxylation is 2. The highest BCUT2D eigenvalue weighted by Crippen LogP contribution is 2.28. The number of fused-ring (bicyclic) bond motifs is 1. The first-order valence-electron chi connectivity index (χ1n) is 8.61. The molecule has 7 nitrogen and oxygen atoms in total. The van der Waals surface area contributed by atoms with Crippen LogP contribution in [0.5, 0.6) is 0 Å². The van der Waals surface area contributed by atoms with Gasteiger partial charge >= 0.3 is 6.01 Å². The van der Waals surface area contributed by atoms with Crippen molar-refractivity contribution in [1.29, 1.82) is 0 Å². The van der Waals surface area contributed by atoms with Gasteiger partial charge in [0.2, 0.25) is 5.89 Å². The minimum absolute atomic E-state index is 0.106. The van der Waals surface area contributed by atoms with E-state index in [-0.39, 0.29) is 16.8 Å². The van der Waals surface area contributed by atoms with Gasteiger partial charge in [0.05, 0.1) is 11.5 Å². The van der Waals surface area contributed by atoms with Crippen molar-refractivity contribution in [2.75, 3.05) is 11.8 Å². The van der Waals surface area contributed by atoms with Gasteiger partial charge in [-0.2, -0.15) is 0 Å². The van der Waals surface area contributed by atoms with Crippen LogP contribution in [0.1, 0.15) is 23.1 Å². The molecular weight excluding hydrogens is 366 g/mol. The van der Waals surface area contributed by atoms with Crippen LogP contribution in [-0.2, 0) is 34.2 Å². The monoisotopic (exact) mass is 385 g/mol. The second-order valence-corrected chi connectivity index (χ2v) is 8.12. The lowest BCUT2D eigenvalue weighted by Gasteiger charge is -2.06. The van der Waals surface area contributed by atoms with Gasteiger partial charge in [0.1, 0.15) is 0 Å².